The molecule has 0 saturated carbocycles. The highest BCUT2D eigenvalue weighted by molar-refractivity contribution is 5.90. The van der Waals surface area contributed by atoms with Crippen LogP contribution in [0.4, 0.5) is 13.2 Å². The van der Waals surface area contributed by atoms with Crippen LogP contribution in [0.2, 0.25) is 0 Å². The summed E-state index contributed by atoms with van der Waals surface area (Å²) in [6, 6.07) is 11.3. The molecule has 0 heterocycles. The Balaban J connectivity index is 0.00000265. The molecule has 2 N–H and O–H groups in total. The van der Waals surface area contributed by atoms with Crippen molar-refractivity contribution in [2.45, 2.75) is 79.9 Å². The van der Waals surface area contributed by atoms with Crippen LogP contribution in [0.15, 0.2) is 54.1 Å². The van der Waals surface area contributed by atoms with Crippen LogP contribution in [0, 0.1) is 0 Å². The van der Waals surface area contributed by atoms with Crippen molar-refractivity contribution in [3.8, 4) is 5.75 Å². The van der Waals surface area contributed by atoms with Crippen molar-refractivity contribution in [3.63, 3.8) is 0 Å². The van der Waals surface area contributed by atoms with Gasteiger partial charge in [-0.3, -0.25) is 0 Å². The Labute approximate surface area is 197 Å². The Morgan fingerprint density at radius 1 is 1.00 bits per heavy atom. The molecule has 0 fully saturated rings. The highest BCUT2D eigenvalue weighted by Crippen LogP contribution is 2.39. The maximum Gasteiger partial charge on any atom is 0.416 e. The summed E-state index contributed by atoms with van der Waals surface area (Å²) in [4.78, 5) is 0. The molecule has 2 nitrogen and oxygen atoms in total. The molecular formula is C28H38F3NO. The Kier molecular flexibility index (Phi) is 11.3. The fraction of sp³-hybridized carbons (Fsp3) is 0.429. The van der Waals surface area contributed by atoms with Gasteiger partial charge in [0.05, 0.1) is 5.56 Å². The Morgan fingerprint density at radius 3 is 2.06 bits per heavy atom. The average Bonchev–Trinajstić information content (AvgIpc) is 2.79. The molecule has 0 aromatic heterocycles. The summed E-state index contributed by atoms with van der Waals surface area (Å²) in [5, 5.41) is 14.1. The van der Waals surface area contributed by atoms with Crippen molar-refractivity contribution in [1.82, 2.24) is 5.32 Å². The number of alkyl halides is 3. The van der Waals surface area contributed by atoms with E-state index in [1.165, 1.54) is 6.07 Å². The second kappa shape index (κ2) is 13.1. The lowest BCUT2D eigenvalue weighted by atomic mass is 9.88. The van der Waals surface area contributed by atoms with Crippen molar-refractivity contribution in [3.05, 3.63) is 76.4 Å². The first-order valence-corrected chi connectivity index (χ1v) is 11.7. The van der Waals surface area contributed by atoms with Gasteiger partial charge in [-0.15, -0.1) is 0 Å². The van der Waals surface area contributed by atoms with Crippen LogP contribution in [0.5, 0.6) is 5.75 Å². The van der Waals surface area contributed by atoms with E-state index in [1.54, 1.807) is 0 Å². The molecule has 2 aromatic carbocycles. The summed E-state index contributed by atoms with van der Waals surface area (Å²) < 4.78 is 39.2. The largest absolute Gasteiger partial charge is 0.507 e. The van der Waals surface area contributed by atoms with E-state index >= 15 is 0 Å². The third-order valence-electron chi connectivity index (χ3n) is 5.36. The number of phenols is 1. The molecule has 0 aliphatic rings. The highest BCUT2D eigenvalue weighted by Gasteiger charge is 2.31. The van der Waals surface area contributed by atoms with E-state index < -0.39 is 11.7 Å². The summed E-state index contributed by atoms with van der Waals surface area (Å²) in [5.74, 6) is -0.381. The first-order valence-electron chi connectivity index (χ1n) is 11.7. The molecular weight excluding hydrogens is 423 g/mol. The number of allylic oxidation sites excluding steroid dienone is 2. The maximum atomic E-state index is 13.1. The molecule has 2 aromatic rings. The first-order chi connectivity index (χ1) is 15.6. The lowest BCUT2D eigenvalue weighted by Gasteiger charge is -2.23. The van der Waals surface area contributed by atoms with Crippen LogP contribution < -0.4 is 5.32 Å². The van der Waals surface area contributed by atoms with Gasteiger partial charge in [0.15, 0.2) is 0 Å². The molecule has 0 aliphatic carbocycles. The fourth-order valence-electron chi connectivity index (χ4n) is 3.80. The van der Waals surface area contributed by atoms with Crippen molar-refractivity contribution >= 4 is 11.3 Å². The molecule has 0 saturated heterocycles. The topological polar surface area (TPSA) is 32.3 Å². The second-order valence-electron chi connectivity index (χ2n) is 7.89. The van der Waals surface area contributed by atoms with Crippen LogP contribution in [0.3, 0.4) is 0 Å². The number of halogens is 3. The number of hydrogen-bond donors (Lipinski definition) is 2. The van der Waals surface area contributed by atoms with E-state index in [4.69, 9.17) is 0 Å². The summed E-state index contributed by atoms with van der Waals surface area (Å²) >= 11 is 0. The van der Waals surface area contributed by atoms with E-state index in [1.807, 2.05) is 65.0 Å². The van der Waals surface area contributed by atoms with Gasteiger partial charge in [-0.1, -0.05) is 76.1 Å². The molecule has 0 amide bonds. The third-order valence-corrected chi connectivity index (χ3v) is 5.36. The van der Waals surface area contributed by atoms with Crippen molar-refractivity contribution in [1.29, 1.82) is 0 Å². The third kappa shape index (κ3) is 7.41. The lowest BCUT2D eigenvalue weighted by Crippen LogP contribution is -2.27. The smallest absolute Gasteiger partial charge is 0.416 e. The monoisotopic (exact) mass is 461 g/mol. The van der Waals surface area contributed by atoms with Gasteiger partial charge >= 0.3 is 6.18 Å². The van der Waals surface area contributed by atoms with Crippen LogP contribution in [-0.4, -0.2) is 11.1 Å². The van der Waals surface area contributed by atoms with Gasteiger partial charge in [0.25, 0.3) is 0 Å². The molecule has 0 spiro atoms. The normalized spacial score (nSPS) is 12.5. The lowest BCUT2D eigenvalue weighted by molar-refractivity contribution is -0.137. The highest BCUT2D eigenvalue weighted by atomic mass is 19.4. The van der Waals surface area contributed by atoms with E-state index in [-0.39, 0.29) is 5.75 Å². The predicted molar refractivity (Wildman–Crippen MR) is 134 cm³/mol. The van der Waals surface area contributed by atoms with E-state index in [2.05, 4.69) is 19.2 Å². The molecule has 0 aliphatic heterocycles. The quantitative estimate of drug-likeness (QED) is 0.412. The standard InChI is InChI=1S/C26H32F3NO.C2H6/c1-6-11-19(7-2)30-23(8-3)20-12-9-10-13-21(20)25(17(4)5)22-15-14-18(16-24(22)31)26(27,28)29;1-2/h8-10,12-16,19,30-31H,6-7,11H2,1-5H3;1-2H3/b23-8+;. The molecule has 0 bridgehead atoms. The van der Waals surface area contributed by atoms with E-state index in [0.29, 0.717) is 11.6 Å². The Hall–Kier alpha value is -2.69. The minimum Gasteiger partial charge on any atom is -0.507 e. The van der Waals surface area contributed by atoms with E-state index in [9.17, 15) is 18.3 Å². The zero-order valence-corrected chi connectivity index (χ0v) is 20.9. The van der Waals surface area contributed by atoms with Crippen molar-refractivity contribution in [2.24, 2.45) is 0 Å². The van der Waals surface area contributed by atoms with Gasteiger partial charge < -0.3 is 10.4 Å². The average molecular weight is 462 g/mol. The number of hydrogen-bond acceptors (Lipinski definition) is 2. The van der Waals surface area contributed by atoms with Crippen LogP contribution in [-0.2, 0) is 6.18 Å². The zero-order valence-electron chi connectivity index (χ0n) is 20.9. The van der Waals surface area contributed by atoms with Crippen molar-refractivity contribution in [2.75, 3.05) is 0 Å². The zero-order chi connectivity index (χ0) is 25.2. The first kappa shape index (κ1) is 28.3. The van der Waals surface area contributed by atoms with Crippen molar-refractivity contribution < 1.29 is 18.3 Å². The van der Waals surface area contributed by atoms with Gasteiger partial charge in [0.2, 0.25) is 0 Å². The predicted octanol–water partition coefficient (Wildman–Crippen LogP) is 8.81. The summed E-state index contributed by atoms with van der Waals surface area (Å²) in [6.07, 6.45) is 0.623. The minimum atomic E-state index is -4.50. The molecule has 182 valence electrons. The number of aromatic hydroxyl groups is 1. The molecule has 0 radical (unpaired) electrons. The molecule has 1 atom stereocenters. The molecule has 5 heteroatoms. The van der Waals surface area contributed by atoms with Crippen LogP contribution in [0.1, 0.15) is 90.0 Å². The summed E-state index contributed by atoms with van der Waals surface area (Å²) in [5.41, 5.74) is 3.94. The van der Waals surface area contributed by atoms with E-state index in [0.717, 1.165) is 59.4 Å². The Morgan fingerprint density at radius 2 is 1.61 bits per heavy atom. The number of nitrogens with one attached hydrogen (secondary N) is 1. The van der Waals surface area contributed by atoms with Gasteiger partial charge in [0, 0.05) is 22.9 Å². The summed E-state index contributed by atoms with van der Waals surface area (Å²) in [6.45, 7) is 14.1. The molecule has 33 heavy (non-hydrogen) atoms. The van der Waals surface area contributed by atoms with Crippen LogP contribution >= 0.6 is 0 Å². The van der Waals surface area contributed by atoms with Gasteiger partial charge in [0.1, 0.15) is 5.75 Å². The van der Waals surface area contributed by atoms with Gasteiger partial charge in [-0.2, -0.15) is 13.2 Å². The summed E-state index contributed by atoms with van der Waals surface area (Å²) in [7, 11) is 0. The number of rotatable bonds is 8. The fourth-order valence-corrected chi connectivity index (χ4v) is 3.80. The number of phenolic OH excluding ortho intramolecular Hbond substituents is 1. The number of benzene rings is 2. The Bertz CT molecular complexity index is 954. The van der Waals surface area contributed by atoms with Gasteiger partial charge in [-0.25, -0.2) is 0 Å². The minimum absolute atomic E-state index is 0.332. The van der Waals surface area contributed by atoms with Crippen LogP contribution in [0.25, 0.3) is 11.3 Å². The molecule has 2 rings (SSSR count). The SMILES string of the molecule is C/C=C(/NC(CC)CCC)c1ccccc1C(=C(C)C)c1ccc(C(F)(F)F)cc1O.CC. The molecule has 1 unspecified atom stereocenters. The second-order valence-corrected chi connectivity index (χ2v) is 7.89. The van der Waals surface area contributed by atoms with Gasteiger partial charge in [-0.05, 0) is 56.9 Å². The maximum absolute atomic E-state index is 13.1.